The fourth-order valence-corrected chi connectivity index (χ4v) is 3.00. The van der Waals surface area contributed by atoms with Gasteiger partial charge >= 0.3 is 0 Å². The smallest absolute Gasteiger partial charge is 0.292 e. The molecule has 0 bridgehead atoms. The Bertz CT molecular complexity index is 860. The van der Waals surface area contributed by atoms with E-state index in [9.17, 15) is 4.79 Å². The van der Waals surface area contributed by atoms with Gasteiger partial charge in [0.25, 0.3) is 17.6 Å². The summed E-state index contributed by atoms with van der Waals surface area (Å²) in [4.78, 5) is 17.4. The van der Waals surface area contributed by atoms with Gasteiger partial charge in [-0.1, -0.05) is 11.2 Å². The van der Waals surface area contributed by atoms with E-state index in [-0.39, 0.29) is 24.4 Å². The first-order chi connectivity index (χ1) is 11.8. The Morgan fingerprint density at radius 3 is 3.04 bits per heavy atom. The topological polar surface area (TPSA) is 86.5 Å². The maximum Gasteiger partial charge on any atom is 0.292 e. The van der Waals surface area contributed by atoms with Gasteiger partial charge in [0.05, 0.1) is 0 Å². The summed E-state index contributed by atoms with van der Waals surface area (Å²) in [5, 5.41) is 8.52. The molecular formula is C16H13N3O4S. The number of hydrogen-bond donors (Lipinski definition) is 1. The molecule has 1 aliphatic heterocycles. The van der Waals surface area contributed by atoms with Crippen LogP contribution in [0, 0.1) is 0 Å². The van der Waals surface area contributed by atoms with E-state index < -0.39 is 0 Å². The van der Waals surface area contributed by atoms with Crippen molar-refractivity contribution in [2.24, 2.45) is 0 Å². The van der Waals surface area contributed by atoms with Gasteiger partial charge in [0.15, 0.2) is 11.5 Å². The SMILES string of the molecule is O=C(NCCc1cccs1)c1noc(-c2ccc3c(c2)OCO3)n1. The van der Waals surface area contributed by atoms with E-state index in [2.05, 4.69) is 15.5 Å². The minimum atomic E-state index is -0.359. The van der Waals surface area contributed by atoms with Crippen LogP contribution < -0.4 is 14.8 Å². The van der Waals surface area contributed by atoms with Crippen molar-refractivity contribution in [3.63, 3.8) is 0 Å². The summed E-state index contributed by atoms with van der Waals surface area (Å²) in [6, 6.07) is 9.30. The van der Waals surface area contributed by atoms with Crippen molar-refractivity contribution in [3.05, 3.63) is 46.4 Å². The summed E-state index contributed by atoms with van der Waals surface area (Å²) in [5.41, 5.74) is 0.671. The highest BCUT2D eigenvalue weighted by Gasteiger charge is 2.19. The second kappa shape index (κ2) is 6.32. The molecule has 0 aliphatic carbocycles. The minimum Gasteiger partial charge on any atom is -0.454 e. The zero-order valence-electron chi connectivity index (χ0n) is 12.5. The third-order valence-electron chi connectivity index (χ3n) is 3.49. The van der Waals surface area contributed by atoms with Gasteiger partial charge in [0.2, 0.25) is 6.79 Å². The molecule has 2 aromatic heterocycles. The molecule has 0 radical (unpaired) electrons. The van der Waals surface area contributed by atoms with Crippen LogP contribution in [-0.2, 0) is 6.42 Å². The van der Waals surface area contributed by atoms with Crippen LogP contribution in [0.15, 0.2) is 40.2 Å². The maximum atomic E-state index is 12.1. The molecule has 8 heteroatoms. The Morgan fingerprint density at radius 2 is 2.17 bits per heavy atom. The molecule has 0 atom stereocenters. The predicted molar refractivity (Wildman–Crippen MR) is 86.2 cm³/mol. The molecule has 122 valence electrons. The number of thiophene rings is 1. The summed E-state index contributed by atoms with van der Waals surface area (Å²) in [5.74, 6) is 1.20. The van der Waals surface area contributed by atoms with Crippen molar-refractivity contribution >= 4 is 17.2 Å². The lowest BCUT2D eigenvalue weighted by molar-refractivity contribution is 0.0941. The Labute approximate surface area is 141 Å². The van der Waals surface area contributed by atoms with E-state index in [1.54, 1.807) is 29.5 Å². The Kier molecular flexibility index (Phi) is 3.87. The molecule has 0 unspecified atom stereocenters. The standard InChI is InChI=1S/C16H13N3O4S/c20-15(17-6-5-11-2-1-7-24-11)14-18-16(23-19-14)10-3-4-12-13(8-10)22-9-21-12/h1-4,7-8H,5-6,9H2,(H,17,20). The number of nitrogens with zero attached hydrogens (tertiary/aromatic N) is 2. The molecule has 3 heterocycles. The molecule has 4 rings (SSSR count). The number of carbonyl (C=O) groups excluding carboxylic acids is 1. The summed E-state index contributed by atoms with van der Waals surface area (Å²) in [6.45, 7) is 0.716. The number of rotatable bonds is 5. The van der Waals surface area contributed by atoms with Crippen LogP contribution >= 0.6 is 11.3 Å². The largest absolute Gasteiger partial charge is 0.454 e. The first-order valence-electron chi connectivity index (χ1n) is 7.34. The molecule has 0 saturated carbocycles. The molecule has 24 heavy (non-hydrogen) atoms. The predicted octanol–water partition coefficient (Wildman–Crippen LogP) is 2.50. The lowest BCUT2D eigenvalue weighted by Gasteiger charge is -2.00. The van der Waals surface area contributed by atoms with Crippen LogP contribution in [0.25, 0.3) is 11.5 Å². The number of amides is 1. The van der Waals surface area contributed by atoms with E-state index in [1.165, 1.54) is 4.88 Å². The van der Waals surface area contributed by atoms with Crippen LogP contribution in [-0.4, -0.2) is 29.4 Å². The van der Waals surface area contributed by atoms with E-state index in [0.29, 0.717) is 23.6 Å². The van der Waals surface area contributed by atoms with Crippen LogP contribution in [0.4, 0.5) is 0 Å². The normalized spacial score (nSPS) is 12.3. The van der Waals surface area contributed by atoms with Crippen LogP contribution in [0.1, 0.15) is 15.5 Å². The monoisotopic (exact) mass is 343 g/mol. The van der Waals surface area contributed by atoms with Gasteiger partial charge in [-0.15, -0.1) is 11.3 Å². The van der Waals surface area contributed by atoms with Gasteiger partial charge in [-0.25, -0.2) is 0 Å². The molecule has 3 aromatic rings. The number of carbonyl (C=O) groups is 1. The highest BCUT2D eigenvalue weighted by molar-refractivity contribution is 7.09. The second-order valence-electron chi connectivity index (χ2n) is 5.08. The van der Waals surface area contributed by atoms with Crippen LogP contribution in [0.2, 0.25) is 0 Å². The zero-order chi connectivity index (χ0) is 16.4. The van der Waals surface area contributed by atoms with Gasteiger partial charge in [-0.05, 0) is 36.1 Å². The first kappa shape index (κ1) is 14.7. The molecule has 0 spiro atoms. The summed E-state index contributed by atoms with van der Waals surface area (Å²) in [7, 11) is 0. The maximum absolute atomic E-state index is 12.1. The average molecular weight is 343 g/mol. The first-order valence-corrected chi connectivity index (χ1v) is 8.22. The third-order valence-corrected chi connectivity index (χ3v) is 4.42. The van der Waals surface area contributed by atoms with Crippen molar-refractivity contribution in [2.45, 2.75) is 6.42 Å². The molecule has 1 N–H and O–H groups in total. The molecular weight excluding hydrogens is 330 g/mol. The number of ether oxygens (including phenoxy) is 2. The van der Waals surface area contributed by atoms with E-state index in [1.807, 2.05) is 17.5 Å². The van der Waals surface area contributed by atoms with Crippen LogP contribution in [0.5, 0.6) is 11.5 Å². The molecule has 0 saturated heterocycles. The Morgan fingerprint density at radius 1 is 1.25 bits per heavy atom. The van der Waals surface area contributed by atoms with Crippen molar-refractivity contribution in [2.75, 3.05) is 13.3 Å². The molecule has 1 aromatic carbocycles. The van der Waals surface area contributed by atoms with Crippen molar-refractivity contribution in [1.82, 2.24) is 15.5 Å². The van der Waals surface area contributed by atoms with Gasteiger partial charge in [-0.2, -0.15) is 4.98 Å². The lowest BCUT2D eigenvalue weighted by Crippen LogP contribution is -2.26. The van der Waals surface area contributed by atoms with Crippen LogP contribution in [0.3, 0.4) is 0 Å². The Balaban J connectivity index is 1.41. The number of fused-ring (bicyclic) bond motifs is 1. The Hall–Kier alpha value is -2.87. The van der Waals surface area contributed by atoms with Gasteiger partial charge in [-0.3, -0.25) is 4.79 Å². The van der Waals surface area contributed by atoms with Crippen molar-refractivity contribution < 1.29 is 18.8 Å². The van der Waals surface area contributed by atoms with Crippen molar-refractivity contribution in [3.8, 4) is 23.0 Å². The summed E-state index contributed by atoms with van der Waals surface area (Å²) in [6.07, 6.45) is 0.774. The number of benzene rings is 1. The van der Waals surface area contributed by atoms with Gasteiger partial charge in [0, 0.05) is 17.0 Å². The molecule has 1 aliphatic rings. The van der Waals surface area contributed by atoms with E-state index in [4.69, 9.17) is 14.0 Å². The second-order valence-corrected chi connectivity index (χ2v) is 6.11. The number of hydrogen-bond acceptors (Lipinski definition) is 7. The summed E-state index contributed by atoms with van der Waals surface area (Å²) >= 11 is 1.66. The minimum absolute atomic E-state index is 0.00819. The highest BCUT2D eigenvalue weighted by Crippen LogP contribution is 2.35. The fraction of sp³-hybridized carbons (Fsp3) is 0.188. The highest BCUT2D eigenvalue weighted by atomic mass is 32.1. The average Bonchev–Trinajstić information content (AvgIpc) is 3.34. The quantitative estimate of drug-likeness (QED) is 0.766. The third kappa shape index (κ3) is 2.95. The molecule has 0 fully saturated rings. The lowest BCUT2D eigenvalue weighted by atomic mass is 10.2. The van der Waals surface area contributed by atoms with Crippen molar-refractivity contribution in [1.29, 1.82) is 0 Å². The summed E-state index contributed by atoms with van der Waals surface area (Å²) < 4.78 is 15.7. The fourth-order valence-electron chi connectivity index (χ4n) is 2.30. The van der Waals surface area contributed by atoms with E-state index >= 15 is 0 Å². The number of aromatic nitrogens is 2. The molecule has 1 amide bonds. The zero-order valence-corrected chi connectivity index (χ0v) is 13.3. The van der Waals surface area contributed by atoms with Gasteiger partial charge in [0.1, 0.15) is 0 Å². The van der Waals surface area contributed by atoms with E-state index in [0.717, 1.165) is 6.42 Å². The van der Waals surface area contributed by atoms with Gasteiger partial charge < -0.3 is 19.3 Å². The molecule has 7 nitrogen and oxygen atoms in total. The number of nitrogens with one attached hydrogen (secondary N) is 1.